The number of nitrogens with one attached hydrogen (secondary N) is 1. The summed E-state index contributed by atoms with van der Waals surface area (Å²) in [5.74, 6) is 0. The molecule has 0 saturated carbocycles. The number of hydrogen-bond donors (Lipinski definition) is 2. The molecule has 1 unspecified atom stereocenters. The van der Waals surface area contributed by atoms with Gasteiger partial charge < -0.3 is 11.1 Å². The molecule has 1 atom stereocenters. The zero-order chi connectivity index (χ0) is 34.9. The van der Waals surface area contributed by atoms with E-state index in [0.717, 1.165) is 16.8 Å². The molecule has 0 aliphatic rings. The summed E-state index contributed by atoms with van der Waals surface area (Å²) in [6, 6.07) is 67.3. The molecule has 9 aromatic rings. The van der Waals surface area contributed by atoms with E-state index >= 15 is 0 Å². The van der Waals surface area contributed by atoms with E-state index in [1.165, 1.54) is 70.9 Å². The maximum atomic E-state index is 6.81. The third kappa shape index (κ3) is 6.11. The van der Waals surface area contributed by atoms with Gasteiger partial charge in [-0.25, -0.2) is 0 Å². The van der Waals surface area contributed by atoms with Crippen LogP contribution in [0.5, 0.6) is 0 Å². The van der Waals surface area contributed by atoms with Crippen molar-refractivity contribution in [3.05, 3.63) is 211 Å². The summed E-state index contributed by atoms with van der Waals surface area (Å²) in [6.45, 7) is 0.661. The summed E-state index contributed by atoms with van der Waals surface area (Å²) in [5.41, 5.74) is 16.0. The lowest BCUT2D eigenvalue weighted by Crippen LogP contribution is -2.16. The van der Waals surface area contributed by atoms with Gasteiger partial charge in [-0.15, -0.1) is 0 Å². The SMILES string of the molecule is NC(/C=C(\NCc1ccc(-c2c3ccccc3cc3c2ccc2ccccc23)cc1)c1cccc(-c2ccc3ccccc3c2)c1)c1ccccc1. The molecular weight excluding hydrogens is 629 g/mol. The highest BCUT2D eigenvalue weighted by atomic mass is 14.9. The monoisotopic (exact) mass is 666 g/mol. The molecule has 0 fully saturated rings. The Morgan fingerprint density at radius 2 is 1.12 bits per heavy atom. The first-order valence-corrected chi connectivity index (χ1v) is 18.0. The van der Waals surface area contributed by atoms with Gasteiger partial charge in [0.2, 0.25) is 0 Å². The van der Waals surface area contributed by atoms with Gasteiger partial charge in [-0.3, -0.25) is 0 Å². The lowest BCUT2D eigenvalue weighted by atomic mass is 9.89. The van der Waals surface area contributed by atoms with Gasteiger partial charge in [0, 0.05) is 12.2 Å². The van der Waals surface area contributed by atoms with Gasteiger partial charge in [0.15, 0.2) is 0 Å². The van der Waals surface area contributed by atoms with Crippen molar-refractivity contribution in [2.45, 2.75) is 12.6 Å². The predicted octanol–water partition coefficient (Wildman–Crippen LogP) is 12.5. The van der Waals surface area contributed by atoms with E-state index in [0.29, 0.717) is 6.54 Å². The summed E-state index contributed by atoms with van der Waals surface area (Å²) in [6.07, 6.45) is 2.15. The average Bonchev–Trinajstić information content (AvgIpc) is 3.22. The maximum Gasteiger partial charge on any atom is 0.0504 e. The summed E-state index contributed by atoms with van der Waals surface area (Å²) < 4.78 is 0. The molecule has 0 amide bonds. The van der Waals surface area contributed by atoms with Gasteiger partial charge in [-0.2, -0.15) is 0 Å². The van der Waals surface area contributed by atoms with Crippen molar-refractivity contribution >= 4 is 48.8 Å². The molecule has 0 aliphatic heterocycles. The van der Waals surface area contributed by atoms with Crippen molar-refractivity contribution in [3.63, 3.8) is 0 Å². The molecule has 9 rings (SSSR count). The second-order valence-corrected chi connectivity index (χ2v) is 13.6. The molecule has 52 heavy (non-hydrogen) atoms. The molecule has 2 heteroatoms. The summed E-state index contributed by atoms with van der Waals surface area (Å²) >= 11 is 0. The molecule has 0 aliphatic carbocycles. The molecule has 0 spiro atoms. The molecular formula is C50H38N2. The Hall–Kier alpha value is -6.48. The zero-order valence-electron chi connectivity index (χ0n) is 28.8. The summed E-state index contributed by atoms with van der Waals surface area (Å²) in [5, 5.41) is 13.9. The Kier molecular flexibility index (Phi) is 8.28. The minimum atomic E-state index is -0.258. The van der Waals surface area contributed by atoms with Gasteiger partial charge >= 0.3 is 0 Å². The van der Waals surface area contributed by atoms with Gasteiger partial charge in [-0.1, -0.05) is 170 Å². The molecule has 0 radical (unpaired) electrons. The van der Waals surface area contributed by atoms with Crippen LogP contribution in [0.15, 0.2) is 194 Å². The highest BCUT2D eigenvalue weighted by molar-refractivity contribution is 6.20. The van der Waals surface area contributed by atoms with E-state index in [4.69, 9.17) is 5.73 Å². The third-order valence-corrected chi connectivity index (χ3v) is 10.3. The topological polar surface area (TPSA) is 38.0 Å². The molecule has 9 aromatic carbocycles. The Bertz CT molecular complexity index is 2740. The van der Waals surface area contributed by atoms with Crippen LogP contribution in [0.2, 0.25) is 0 Å². The van der Waals surface area contributed by atoms with Crippen LogP contribution >= 0.6 is 0 Å². The van der Waals surface area contributed by atoms with E-state index in [-0.39, 0.29) is 6.04 Å². The molecule has 248 valence electrons. The van der Waals surface area contributed by atoms with E-state index in [2.05, 4.69) is 181 Å². The van der Waals surface area contributed by atoms with Crippen LogP contribution in [0, 0.1) is 0 Å². The van der Waals surface area contributed by atoms with E-state index in [1.807, 2.05) is 18.2 Å². The normalized spacial score (nSPS) is 12.4. The first-order valence-electron chi connectivity index (χ1n) is 18.0. The van der Waals surface area contributed by atoms with Gasteiger partial charge in [-0.05, 0) is 106 Å². The van der Waals surface area contributed by atoms with Crippen LogP contribution in [0.3, 0.4) is 0 Å². The second-order valence-electron chi connectivity index (χ2n) is 13.6. The largest absolute Gasteiger partial charge is 0.381 e. The van der Waals surface area contributed by atoms with Crippen LogP contribution in [-0.2, 0) is 6.54 Å². The quantitative estimate of drug-likeness (QED) is 0.125. The highest BCUT2D eigenvalue weighted by Gasteiger charge is 2.13. The van der Waals surface area contributed by atoms with Crippen molar-refractivity contribution < 1.29 is 0 Å². The van der Waals surface area contributed by atoms with Crippen LogP contribution in [-0.4, -0.2) is 0 Å². The maximum absolute atomic E-state index is 6.81. The fraction of sp³-hybridized carbons (Fsp3) is 0.0400. The van der Waals surface area contributed by atoms with Crippen molar-refractivity contribution in [2.75, 3.05) is 0 Å². The smallest absolute Gasteiger partial charge is 0.0504 e. The van der Waals surface area contributed by atoms with E-state index in [1.54, 1.807) is 0 Å². The minimum Gasteiger partial charge on any atom is -0.381 e. The van der Waals surface area contributed by atoms with E-state index in [9.17, 15) is 0 Å². The molecule has 0 aromatic heterocycles. The first kappa shape index (κ1) is 31.5. The Balaban J connectivity index is 1.06. The zero-order valence-corrected chi connectivity index (χ0v) is 28.8. The van der Waals surface area contributed by atoms with Crippen molar-refractivity contribution in [2.24, 2.45) is 5.73 Å². The number of fused-ring (bicyclic) bond motifs is 5. The third-order valence-electron chi connectivity index (χ3n) is 10.3. The van der Waals surface area contributed by atoms with Gasteiger partial charge in [0.05, 0.1) is 6.04 Å². The molecule has 3 N–H and O–H groups in total. The van der Waals surface area contributed by atoms with Crippen molar-refractivity contribution in [1.82, 2.24) is 5.32 Å². The highest BCUT2D eigenvalue weighted by Crippen LogP contribution is 2.39. The molecule has 2 nitrogen and oxygen atoms in total. The summed E-state index contributed by atoms with van der Waals surface area (Å²) in [7, 11) is 0. The van der Waals surface area contributed by atoms with Gasteiger partial charge in [0.25, 0.3) is 0 Å². The standard InChI is InChI=1S/C50H38N2/c51-48(37-13-2-1-3-14-37)32-49(43-18-10-17-40(30-43)41-26-25-35-11-4-5-15-39(35)29-41)52-33-34-21-23-38(24-22-34)50-45-20-9-7-16-42(45)31-47-44-19-8-6-12-36(44)27-28-46(47)50/h1-32,48,52H,33,51H2/b49-32-. The van der Waals surface area contributed by atoms with Crippen molar-refractivity contribution in [3.8, 4) is 22.3 Å². The van der Waals surface area contributed by atoms with Crippen LogP contribution in [0.1, 0.15) is 22.7 Å². The number of benzene rings is 9. The molecule has 0 heterocycles. The summed E-state index contributed by atoms with van der Waals surface area (Å²) in [4.78, 5) is 0. The van der Waals surface area contributed by atoms with Crippen molar-refractivity contribution in [1.29, 1.82) is 0 Å². The van der Waals surface area contributed by atoms with Crippen LogP contribution in [0.25, 0.3) is 71.0 Å². The molecule has 0 saturated heterocycles. The fourth-order valence-corrected chi connectivity index (χ4v) is 7.56. The van der Waals surface area contributed by atoms with Crippen LogP contribution < -0.4 is 11.1 Å². The second kappa shape index (κ2) is 13.7. The van der Waals surface area contributed by atoms with Gasteiger partial charge in [0.1, 0.15) is 0 Å². The first-order chi connectivity index (χ1) is 25.7. The Morgan fingerprint density at radius 3 is 1.94 bits per heavy atom. The van der Waals surface area contributed by atoms with E-state index < -0.39 is 0 Å². The lowest BCUT2D eigenvalue weighted by molar-refractivity contribution is 0.858. The fourth-order valence-electron chi connectivity index (χ4n) is 7.56. The molecule has 0 bridgehead atoms. The predicted molar refractivity (Wildman–Crippen MR) is 222 cm³/mol. The number of nitrogens with two attached hydrogens (primary N) is 1. The number of hydrogen-bond acceptors (Lipinski definition) is 2. The van der Waals surface area contributed by atoms with Crippen LogP contribution in [0.4, 0.5) is 0 Å². The Labute approximate surface area is 304 Å². The number of rotatable bonds is 8. The average molecular weight is 667 g/mol. The Morgan fingerprint density at radius 1 is 0.462 bits per heavy atom. The minimum absolute atomic E-state index is 0.258. The lowest BCUT2D eigenvalue weighted by Gasteiger charge is -2.17.